The molecule has 0 spiro atoms. The van der Waals surface area contributed by atoms with Crippen LogP contribution in [0, 0.1) is 5.41 Å². The van der Waals surface area contributed by atoms with Gasteiger partial charge in [0, 0.05) is 4.88 Å². The molecule has 0 aromatic carbocycles. The molecule has 4 heteroatoms. The van der Waals surface area contributed by atoms with Gasteiger partial charge in [0.05, 0.1) is 12.1 Å². The van der Waals surface area contributed by atoms with Crippen molar-refractivity contribution in [2.24, 2.45) is 11.1 Å². The topological polar surface area (TPSA) is 55.1 Å². The van der Waals surface area contributed by atoms with E-state index < -0.39 is 6.04 Å². The molecule has 0 aliphatic rings. The predicted molar refractivity (Wildman–Crippen MR) is 68.3 cm³/mol. The number of carbonyl (C=O) groups is 1. The molecule has 1 amide bonds. The fourth-order valence-electron chi connectivity index (χ4n) is 1.31. The number of hydrogen-bond donors (Lipinski definition) is 2. The van der Waals surface area contributed by atoms with Gasteiger partial charge in [0.1, 0.15) is 0 Å². The first-order valence-electron chi connectivity index (χ1n) is 5.41. The molecule has 0 fully saturated rings. The van der Waals surface area contributed by atoms with E-state index in [-0.39, 0.29) is 17.4 Å². The van der Waals surface area contributed by atoms with Crippen molar-refractivity contribution in [1.82, 2.24) is 5.32 Å². The number of amides is 1. The molecule has 1 unspecified atom stereocenters. The minimum absolute atomic E-state index is 0.0286. The zero-order chi connectivity index (χ0) is 12.3. The zero-order valence-electron chi connectivity index (χ0n) is 10.3. The highest BCUT2D eigenvalue weighted by molar-refractivity contribution is 7.10. The molecule has 1 aromatic heterocycles. The molecule has 0 bridgehead atoms. The highest BCUT2D eigenvalue weighted by atomic mass is 32.1. The van der Waals surface area contributed by atoms with Gasteiger partial charge in [-0.3, -0.25) is 4.79 Å². The Bertz CT molecular complexity index is 340. The third-order valence-corrected chi connectivity index (χ3v) is 3.60. The van der Waals surface area contributed by atoms with Crippen LogP contribution in [0.5, 0.6) is 0 Å². The van der Waals surface area contributed by atoms with E-state index in [0.717, 1.165) is 4.88 Å². The summed E-state index contributed by atoms with van der Waals surface area (Å²) in [6.07, 6.45) is 0. The third kappa shape index (κ3) is 3.32. The average Bonchev–Trinajstić information content (AvgIpc) is 2.67. The van der Waals surface area contributed by atoms with Crippen LogP contribution in [0.15, 0.2) is 17.5 Å². The van der Waals surface area contributed by atoms with Crippen LogP contribution in [0.4, 0.5) is 0 Å². The second-order valence-electron chi connectivity index (χ2n) is 5.09. The van der Waals surface area contributed by atoms with Crippen LogP contribution < -0.4 is 11.1 Å². The van der Waals surface area contributed by atoms with Gasteiger partial charge in [-0.15, -0.1) is 11.3 Å². The van der Waals surface area contributed by atoms with E-state index in [0.29, 0.717) is 0 Å². The number of nitrogens with one attached hydrogen (secondary N) is 1. The molecule has 90 valence electrons. The van der Waals surface area contributed by atoms with Crippen molar-refractivity contribution >= 4 is 17.2 Å². The minimum atomic E-state index is -0.477. The van der Waals surface area contributed by atoms with Gasteiger partial charge in [-0.2, -0.15) is 0 Å². The Kier molecular flexibility index (Phi) is 4.10. The van der Waals surface area contributed by atoms with Crippen molar-refractivity contribution in [1.29, 1.82) is 0 Å². The molecule has 1 rings (SSSR count). The number of carbonyl (C=O) groups excluding carboxylic acids is 1. The summed E-state index contributed by atoms with van der Waals surface area (Å²) in [6, 6.07) is 3.54. The van der Waals surface area contributed by atoms with Gasteiger partial charge in [0.15, 0.2) is 0 Å². The molecule has 3 nitrogen and oxygen atoms in total. The first kappa shape index (κ1) is 13.2. The Morgan fingerprint density at radius 1 is 1.50 bits per heavy atom. The van der Waals surface area contributed by atoms with Crippen molar-refractivity contribution in [3.63, 3.8) is 0 Å². The maximum absolute atomic E-state index is 11.9. The number of rotatable bonds is 3. The maximum Gasteiger partial charge on any atom is 0.237 e. The average molecular weight is 240 g/mol. The molecular weight excluding hydrogens is 220 g/mol. The van der Waals surface area contributed by atoms with Gasteiger partial charge in [0.25, 0.3) is 0 Å². The van der Waals surface area contributed by atoms with Crippen molar-refractivity contribution in [3.05, 3.63) is 22.4 Å². The van der Waals surface area contributed by atoms with Crippen LogP contribution in [0.2, 0.25) is 0 Å². The number of thiophene rings is 1. The van der Waals surface area contributed by atoms with Crippen LogP contribution in [-0.4, -0.2) is 11.9 Å². The molecule has 16 heavy (non-hydrogen) atoms. The Morgan fingerprint density at radius 3 is 2.56 bits per heavy atom. The van der Waals surface area contributed by atoms with Crippen molar-refractivity contribution < 1.29 is 4.79 Å². The predicted octanol–water partition coefficient (Wildman–Crippen LogP) is 2.30. The lowest BCUT2D eigenvalue weighted by Crippen LogP contribution is -2.49. The first-order valence-corrected chi connectivity index (χ1v) is 6.29. The van der Waals surface area contributed by atoms with Crippen LogP contribution in [-0.2, 0) is 4.79 Å². The molecule has 1 aromatic rings. The van der Waals surface area contributed by atoms with E-state index >= 15 is 0 Å². The first-order chi connectivity index (χ1) is 7.32. The summed E-state index contributed by atoms with van der Waals surface area (Å²) in [6.45, 7) is 7.87. The number of nitrogens with two attached hydrogens (primary N) is 1. The lowest BCUT2D eigenvalue weighted by Gasteiger charge is -2.27. The quantitative estimate of drug-likeness (QED) is 0.851. The normalized spacial score (nSPS) is 15.6. The summed E-state index contributed by atoms with van der Waals surface area (Å²) in [4.78, 5) is 13.0. The second kappa shape index (κ2) is 4.97. The number of hydrogen-bond acceptors (Lipinski definition) is 3. The largest absolute Gasteiger partial charge is 0.347 e. The fraction of sp³-hybridized carbons (Fsp3) is 0.583. The summed E-state index contributed by atoms with van der Waals surface area (Å²) in [7, 11) is 0. The van der Waals surface area contributed by atoms with Gasteiger partial charge in [0.2, 0.25) is 5.91 Å². The van der Waals surface area contributed by atoms with Crippen LogP contribution >= 0.6 is 11.3 Å². The Balaban J connectivity index is 2.59. The van der Waals surface area contributed by atoms with E-state index in [4.69, 9.17) is 5.73 Å². The van der Waals surface area contributed by atoms with Gasteiger partial charge >= 0.3 is 0 Å². The van der Waals surface area contributed by atoms with E-state index in [2.05, 4.69) is 5.32 Å². The van der Waals surface area contributed by atoms with E-state index in [1.165, 1.54) is 0 Å². The lowest BCUT2D eigenvalue weighted by atomic mass is 9.87. The summed E-state index contributed by atoms with van der Waals surface area (Å²) in [5.41, 5.74) is 5.68. The smallest absolute Gasteiger partial charge is 0.237 e. The van der Waals surface area contributed by atoms with E-state index in [9.17, 15) is 4.79 Å². The molecule has 0 aliphatic carbocycles. The van der Waals surface area contributed by atoms with Crippen molar-refractivity contribution in [3.8, 4) is 0 Å². The maximum atomic E-state index is 11.9. The third-order valence-electron chi connectivity index (χ3n) is 2.54. The van der Waals surface area contributed by atoms with Gasteiger partial charge in [-0.25, -0.2) is 0 Å². The summed E-state index contributed by atoms with van der Waals surface area (Å²) < 4.78 is 0. The SMILES string of the molecule is C[C@H](NC(=O)C(N)C(C)(C)C)c1cccs1. The van der Waals surface area contributed by atoms with Crippen LogP contribution in [0.3, 0.4) is 0 Å². The molecule has 2 atom stereocenters. The second-order valence-corrected chi connectivity index (χ2v) is 6.07. The molecule has 0 saturated heterocycles. The van der Waals surface area contributed by atoms with Crippen LogP contribution in [0.1, 0.15) is 38.6 Å². The highest BCUT2D eigenvalue weighted by Crippen LogP contribution is 2.21. The monoisotopic (exact) mass is 240 g/mol. The van der Waals surface area contributed by atoms with Crippen molar-refractivity contribution in [2.45, 2.75) is 39.8 Å². The summed E-state index contributed by atoms with van der Waals surface area (Å²) in [5.74, 6) is -0.0894. The Labute approximate surface area is 101 Å². The van der Waals surface area contributed by atoms with E-state index in [1.54, 1.807) is 11.3 Å². The standard InChI is InChI=1S/C12H20N2OS/c1-8(9-6-5-7-16-9)14-11(15)10(13)12(2,3)4/h5-8,10H,13H2,1-4H3,(H,14,15)/t8-,10?/m0/s1. The summed E-state index contributed by atoms with van der Waals surface area (Å²) in [5, 5.41) is 4.94. The van der Waals surface area contributed by atoms with Gasteiger partial charge in [-0.1, -0.05) is 26.8 Å². The van der Waals surface area contributed by atoms with E-state index in [1.807, 2.05) is 45.2 Å². The summed E-state index contributed by atoms with van der Waals surface area (Å²) >= 11 is 1.64. The Hall–Kier alpha value is -0.870. The van der Waals surface area contributed by atoms with Gasteiger partial charge < -0.3 is 11.1 Å². The lowest BCUT2D eigenvalue weighted by molar-refractivity contribution is -0.125. The Morgan fingerprint density at radius 2 is 2.12 bits per heavy atom. The molecule has 0 radical (unpaired) electrons. The minimum Gasteiger partial charge on any atom is -0.347 e. The molecule has 3 N–H and O–H groups in total. The zero-order valence-corrected chi connectivity index (χ0v) is 11.1. The molecule has 0 aliphatic heterocycles. The highest BCUT2D eigenvalue weighted by Gasteiger charge is 2.28. The van der Waals surface area contributed by atoms with Crippen molar-refractivity contribution in [2.75, 3.05) is 0 Å². The molecular formula is C12H20N2OS. The fourth-order valence-corrected chi connectivity index (χ4v) is 2.04. The van der Waals surface area contributed by atoms with Gasteiger partial charge in [-0.05, 0) is 23.8 Å². The molecule has 1 heterocycles. The van der Waals surface area contributed by atoms with Crippen LogP contribution in [0.25, 0.3) is 0 Å². The molecule has 0 saturated carbocycles.